The molecule has 0 unspecified atom stereocenters. The first kappa shape index (κ1) is 10.9. The fraction of sp³-hybridized carbons (Fsp3) is 0.700. The molecule has 1 N–H and O–H groups in total. The van der Waals surface area contributed by atoms with E-state index in [2.05, 4.69) is 5.32 Å². The summed E-state index contributed by atoms with van der Waals surface area (Å²) in [5.74, 6) is -1.31. The minimum absolute atomic E-state index is 0.166. The van der Waals surface area contributed by atoms with E-state index >= 15 is 0 Å². The van der Waals surface area contributed by atoms with Crippen LogP contribution in [0.2, 0.25) is 0 Å². The second-order valence-electron chi connectivity index (χ2n) is 4.71. The molecule has 2 atom stereocenters. The third kappa shape index (κ3) is 1.15. The van der Waals surface area contributed by atoms with Gasteiger partial charge in [-0.3, -0.25) is 9.59 Å². The van der Waals surface area contributed by atoms with Crippen LogP contribution in [0, 0.1) is 5.41 Å². The summed E-state index contributed by atoms with van der Waals surface area (Å²) in [7, 11) is 0. The molecule has 0 bridgehead atoms. The van der Waals surface area contributed by atoms with E-state index in [1.807, 2.05) is 0 Å². The lowest BCUT2D eigenvalue weighted by atomic mass is 9.76. The third-order valence-corrected chi connectivity index (χ3v) is 3.12. The molecule has 0 aromatic rings. The Kier molecular flexibility index (Phi) is 2.02. The lowest BCUT2D eigenvalue weighted by Gasteiger charge is -2.43. The number of hydrogen-bond donors (Lipinski definition) is 1. The molecule has 2 aliphatic rings. The fourth-order valence-electron chi connectivity index (χ4n) is 2.11. The van der Waals surface area contributed by atoms with Crippen molar-refractivity contribution in [3.05, 3.63) is 0 Å². The maximum Gasteiger partial charge on any atom is 0.339 e. The molecule has 0 radical (unpaired) electrons. The molecular weight excluding hydrogens is 214 g/mol. The Morgan fingerprint density at radius 3 is 2.56 bits per heavy atom. The standard InChI is InChI=1S/C10H13NO5/c1-5(12)15-4-10-6(16-8(10)14)9(2,3)7(13)11-10/h6H,4H2,1-3H3,(H,11,13)/t6-,10+/m0/s1. The number of rotatable bonds is 2. The van der Waals surface area contributed by atoms with Gasteiger partial charge < -0.3 is 14.8 Å². The Balaban J connectivity index is 2.23. The Labute approximate surface area is 92.3 Å². The number of hydrogen-bond acceptors (Lipinski definition) is 5. The van der Waals surface area contributed by atoms with Crippen molar-refractivity contribution in [3.63, 3.8) is 0 Å². The van der Waals surface area contributed by atoms with Gasteiger partial charge in [0.1, 0.15) is 6.61 Å². The summed E-state index contributed by atoms with van der Waals surface area (Å²) < 4.78 is 9.78. The molecule has 0 saturated carbocycles. The minimum Gasteiger partial charge on any atom is -0.463 e. The van der Waals surface area contributed by atoms with Crippen LogP contribution in [0.25, 0.3) is 0 Å². The van der Waals surface area contributed by atoms with Crippen molar-refractivity contribution in [2.24, 2.45) is 5.41 Å². The monoisotopic (exact) mass is 227 g/mol. The van der Waals surface area contributed by atoms with Crippen LogP contribution < -0.4 is 5.32 Å². The first-order valence-electron chi connectivity index (χ1n) is 4.98. The molecule has 1 amide bonds. The largest absolute Gasteiger partial charge is 0.463 e. The number of amides is 1. The van der Waals surface area contributed by atoms with Gasteiger partial charge in [0.2, 0.25) is 11.4 Å². The minimum atomic E-state index is -1.17. The molecule has 2 heterocycles. The fourth-order valence-corrected chi connectivity index (χ4v) is 2.11. The van der Waals surface area contributed by atoms with Gasteiger partial charge in [-0.2, -0.15) is 0 Å². The normalized spacial score (nSPS) is 34.6. The summed E-state index contributed by atoms with van der Waals surface area (Å²) in [5, 5.41) is 2.57. The van der Waals surface area contributed by atoms with E-state index < -0.39 is 29.0 Å². The zero-order chi connectivity index (χ0) is 12.1. The Bertz CT molecular complexity index is 389. The van der Waals surface area contributed by atoms with Crippen molar-refractivity contribution in [1.29, 1.82) is 0 Å². The van der Waals surface area contributed by atoms with Gasteiger partial charge in [0.05, 0.1) is 5.41 Å². The maximum absolute atomic E-state index is 11.7. The van der Waals surface area contributed by atoms with Gasteiger partial charge in [0.15, 0.2) is 6.10 Å². The lowest BCUT2D eigenvalue weighted by Crippen LogP contribution is -2.70. The van der Waals surface area contributed by atoms with Crippen molar-refractivity contribution < 1.29 is 23.9 Å². The van der Waals surface area contributed by atoms with Crippen molar-refractivity contribution in [2.45, 2.75) is 32.4 Å². The van der Waals surface area contributed by atoms with Crippen LogP contribution in [0.5, 0.6) is 0 Å². The molecule has 6 nitrogen and oxygen atoms in total. The summed E-state index contributed by atoms with van der Waals surface area (Å²) in [5.41, 5.74) is -1.96. The predicted molar refractivity (Wildman–Crippen MR) is 51.2 cm³/mol. The number of nitrogens with one attached hydrogen (secondary N) is 1. The number of fused-ring (bicyclic) bond motifs is 1. The van der Waals surface area contributed by atoms with Crippen LogP contribution in [0.4, 0.5) is 0 Å². The molecule has 88 valence electrons. The second kappa shape index (κ2) is 2.96. The molecule has 6 heteroatoms. The molecule has 0 aromatic heterocycles. The molecule has 2 saturated heterocycles. The highest BCUT2D eigenvalue weighted by Crippen LogP contribution is 2.45. The van der Waals surface area contributed by atoms with Crippen molar-refractivity contribution in [1.82, 2.24) is 5.32 Å². The summed E-state index contributed by atoms with van der Waals surface area (Å²) in [6.07, 6.45) is -0.570. The molecule has 0 aliphatic carbocycles. The van der Waals surface area contributed by atoms with Crippen LogP contribution in [-0.2, 0) is 23.9 Å². The van der Waals surface area contributed by atoms with Gasteiger partial charge in [-0.25, -0.2) is 4.79 Å². The van der Waals surface area contributed by atoms with E-state index in [1.54, 1.807) is 13.8 Å². The van der Waals surface area contributed by atoms with E-state index in [0.717, 1.165) is 0 Å². The van der Waals surface area contributed by atoms with E-state index in [9.17, 15) is 14.4 Å². The SMILES string of the molecule is CC(=O)OC[C@@]12NC(=O)C(C)(C)[C@@H]1OC2=O. The Morgan fingerprint density at radius 1 is 1.50 bits per heavy atom. The third-order valence-electron chi connectivity index (χ3n) is 3.12. The first-order valence-corrected chi connectivity index (χ1v) is 4.98. The van der Waals surface area contributed by atoms with Gasteiger partial charge in [0, 0.05) is 6.92 Å². The molecule has 2 fully saturated rings. The molecule has 0 spiro atoms. The van der Waals surface area contributed by atoms with Crippen LogP contribution >= 0.6 is 0 Å². The zero-order valence-corrected chi connectivity index (χ0v) is 9.33. The molecule has 2 aliphatic heterocycles. The lowest BCUT2D eigenvalue weighted by molar-refractivity contribution is -0.203. The van der Waals surface area contributed by atoms with Gasteiger partial charge in [-0.05, 0) is 13.8 Å². The highest BCUT2D eigenvalue weighted by Gasteiger charge is 2.72. The topological polar surface area (TPSA) is 81.7 Å². The Morgan fingerprint density at radius 2 is 2.12 bits per heavy atom. The summed E-state index contributed by atoms with van der Waals surface area (Å²) >= 11 is 0. The highest BCUT2D eigenvalue weighted by atomic mass is 16.6. The molecule has 0 aromatic carbocycles. The number of esters is 2. The van der Waals surface area contributed by atoms with Crippen LogP contribution in [-0.4, -0.2) is 36.1 Å². The number of carbonyl (C=O) groups excluding carboxylic acids is 3. The van der Waals surface area contributed by atoms with Crippen molar-refractivity contribution in [2.75, 3.05) is 6.61 Å². The quantitative estimate of drug-likeness (QED) is 0.635. The average Bonchev–Trinajstić information content (AvgIpc) is 2.33. The van der Waals surface area contributed by atoms with Gasteiger partial charge in [-0.15, -0.1) is 0 Å². The van der Waals surface area contributed by atoms with Crippen LogP contribution in [0.15, 0.2) is 0 Å². The van der Waals surface area contributed by atoms with E-state index in [1.165, 1.54) is 6.92 Å². The second-order valence-corrected chi connectivity index (χ2v) is 4.71. The molecule has 16 heavy (non-hydrogen) atoms. The van der Waals surface area contributed by atoms with Crippen molar-refractivity contribution >= 4 is 17.8 Å². The zero-order valence-electron chi connectivity index (χ0n) is 9.33. The van der Waals surface area contributed by atoms with Crippen LogP contribution in [0.1, 0.15) is 20.8 Å². The Hall–Kier alpha value is -1.59. The molecule has 2 rings (SSSR count). The first-order chi connectivity index (χ1) is 7.30. The highest BCUT2D eigenvalue weighted by molar-refractivity contribution is 6.01. The number of carbonyl (C=O) groups is 3. The van der Waals surface area contributed by atoms with Gasteiger partial charge in [-0.1, -0.05) is 0 Å². The smallest absolute Gasteiger partial charge is 0.339 e. The van der Waals surface area contributed by atoms with E-state index in [0.29, 0.717) is 0 Å². The molecular formula is C10H13NO5. The summed E-state index contributed by atoms with van der Waals surface area (Å²) in [4.78, 5) is 33.9. The van der Waals surface area contributed by atoms with E-state index in [4.69, 9.17) is 9.47 Å². The maximum atomic E-state index is 11.7. The van der Waals surface area contributed by atoms with Crippen LogP contribution in [0.3, 0.4) is 0 Å². The van der Waals surface area contributed by atoms with E-state index in [-0.39, 0.29) is 12.5 Å². The van der Waals surface area contributed by atoms with Gasteiger partial charge in [0.25, 0.3) is 0 Å². The number of ether oxygens (including phenoxy) is 2. The average molecular weight is 227 g/mol. The van der Waals surface area contributed by atoms with Crippen molar-refractivity contribution in [3.8, 4) is 0 Å². The predicted octanol–water partition coefficient (Wildman–Crippen LogP) is -0.630. The summed E-state index contributed by atoms with van der Waals surface area (Å²) in [6.45, 7) is 4.46. The summed E-state index contributed by atoms with van der Waals surface area (Å²) in [6, 6.07) is 0. The van der Waals surface area contributed by atoms with Gasteiger partial charge >= 0.3 is 11.9 Å².